The summed E-state index contributed by atoms with van der Waals surface area (Å²) in [4.78, 5) is 0.195. The molecule has 5 nitrogen and oxygen atoms in total. The lowest BCUT2D eigenvalue weighted by atomic mass is 10.2. The van der Waals surface area contributed by atoms with Gasteiger partial charge in [-0.25, -0.2) is 8.42 Å². The number of morpholine rings is 1. The number of nitrogens with zero attached hydrogens (tertiary/aromatic N) is 1. The van der Waals surface area contributed by atoms with Crippen molar-refractivity contribution in [2.24, 2.45) is 0 Å². The Kier molecular flexibility index (Phi) is 4.14. The highest BCUT2D eigenvalue weighted by Gasteiger charge is 2.40. The topological polar surface area (TPSA) is 55.8 Å². The minimum atomic E-state index is -3.57. The van der Waals surface area contributed by atoms with E-state index in [0.29, 0.717) is 24.7 Å². The molecular weight excluding hydrogens is 314 g/mol. The second-order valence-corrected chi connectivity index (χ2v) is 7.57. The first kappa shape index (κ1) is 15.1. The Hall–Kier alpha value is -0.820. The predicted octanol–water partition coefficient (Wildman–Crippen LogP) is 1.99. The van der Waals surface area contributed by atoms with Gasteiger partial charge >= 0.3 is 0 Å². The number of halogens is 1. The summed E-state index contributed by atoms with van der Waals surface area (Å²) in [5.41, 5.74) is 0.828. The normalized spacial score (nSPS) is 26.0. The number of rotatable bonds is 4. The van der Waals surface area contributed by atoms with Crippen molar-refractivity contribution in [1.82, 2.24) is 4.31 Å². The fourth-order valence-electron chi connectivity index (χ4n) is 2.92. The van der Waals surface area contributed by atoms with E-state index < -0.39 is 10.0 Å². The number of fused-ring (bicyclic) bond motifs is 2. The first-order chi connectivity index (χ1) is 10.0. The average molecular weight is 332 g/mol. The van der Waals surface area contributed by atoms with Gasteiger partial charge in [-0.05, 0) is 30.5 Å². The molecule has 1 aromatic rings. The molecule has 2 unspecified atom stereocenters. The SMILES string of the molecule is COc1cc(CCl)ccc1S(=O)(=O)N1CC2CCC(C1)O2. The van der Waals surface area contributed by atoms with Crippen LogP contribution in [-0.4, -0.2) is 45.1 Å². The minimum Gasteiger partial charge on any atom is -0.495 e. The second-order valence-electron chi connectivity index (χ2n) is 5.40. The van der Waals surface area contributed by atoms with Crippen LogP contribution in [0.2, 0.25) is 0 Å². The highest BCUT2D eigenvalue weighted by molar-refractivity contribution is 7.89. The van der Waals surface area contributed by atoms with Gasteiger partial charge in [0.25, 0.3) is 0 Å². The van der Waals surface area contributed by atoms with Crippen LogP contribution in [0.25, 0.3) is 0 Å². The molecule has 0 amide bonds. The molecule has 2 saturated heterocycles. The van der Waals surface area contributed by atoms with Gasteiger partial charge in [0.05, 0.1) is 19.3 Å². The molecule has 7 heteroatoms. The van der Waals surface area contributed by atoms with E-state index in [1.54, 1.807) is 18.2 Å². The molecule has 2 fully saturated rings. The lowest BCUT2D eigenvalue weighted by Gasteiger charge is -2.31. The van der Waals surface area contributed by atoms with E-state index in [9.17, 15) is 8.42 Å². The van der Waals surface area contributed by atoms with Crippen LogP contribution in [0.4, 0.5) is 0 Å². The van der Waals surface area contributed by atoms with Crippen molar-refractivity contribution in [3.05, 3.63) is 23.8 Å². The maximum Gasteiger partial charge on any atom is 0.246 e. The van der Waals surface area contributed by atoms with E-state index in [1.165, 1.54) is 11.4 Å². The van der Waals surface area contributed by atoms with Crippen molar-refractivity contribution < 1.29 is 17.9 Å². The molecule has 2 aliphatic heterocycles. The summed E-state index contributed by atoms with van der Waals surface area (Å²) in [6, 6.07) is 4.97. The summed E-state index contributed by atoms with van der Waals surface area (Å²) in [5, 5.41) is 0. The van der Waals surface area contributed by atoms with Gasteiger partial charge in [-0.1, -0.05) is 6.07 Å². The third kappa shape index (κ3) is 2.77. The molecule has 116 valence electrons. The molecule has 0 N–H and O–H groups in total. The average Bonchev–Trinajstić information content (AvgIpc) is 2.84. The maximum atomic E-state index is 12.8. The Morgan fingerprint density at radius 2 is 2.00 bits per heavy atom. The molecule has 2 heterocycles. The Balaban J connectivity index is 1.94. The molecule has 0 aliphatic carbocycles. The number of sulfonamides is 1. The maximum absolute atomic E-state index is 12.8. The van der Waals surface area contributed by atoms with Crippen molar-refractivity contribution in [2.75, 3.05) is 20.2 Å². The third-order valence-corrected chi connectivity index (χ3v) is 6.19. The van der Waals surface area contributed by atoms with Crippen LogP contribution < -0.4 is 4.74 Å². The summed E-state index contributed by atoms with van der Waals surface area (Å²) in [6.45, 7) is 0.832. The Bertz CT molecular complexity index is 622. The van der Waals surface area contributed by atoms with Crippen molar-refractivity contribution >= 4 is 21.6 Å². The number of hydrogen-bond donors (Lipinski definition) is 0. The lowest BCUT2D eigenvalue weighted by molar-refractivity contribution is -0.0115. The van der Waals surface area contributed by atoms with E-state index in [2.05, 4.69) is 0 Å². The predicted molar refractivity (Wildman–Crippen MR) is 79.2 cm³/mol. The molecule has 2 aliphatic rings. The van der Waals surface area contributed by atoms with E-state index in [1.807, 2.05) is 0 Å². The highest BCUT2D eigenvalue weighted by atomic mass is 35.5. The van der Waals surface area contributed by atoms with E-state index in [-0.39, 0.29) is 17.1 Å². The van der Waals surface area contributed by atoms with Crippen LogP contribution >= 0.6 is 11.6 Å². The third-order valence-electron chi connectivity index (χ3n) is 4.01. The van der Waals surface area contributed by atoms with Crippen LogP contribution in [0, 0.1) is 0 Å². The van der Waals surface area contributed by atoms with Crippen molar-refractivity contribution in [2.45, 2.75) is 35.8 Å². The Labute approximate surface area is 129 Å². The standard InChI is InChI=1S/C14H18ClNO4S/c1-19-13-6-10(7-15)2-5-14(13)21(17,18)16-8-11-3-4-12(9-16)20-11/h2,5-6,11-12H,3-4,7-9H2,1H3. The van der Waals surface area contributed by atoms with E-state index >= 15 is 0 Å². The summed E-state index contributed by atoms with van der Waals surface area (Å²) in [6.07, 6.45) is 1.90. The molecule has 0 aromatic heterocycles. The molecule has 0 radical (unpaired) electrons. The molecule has 0 spiro atoms. The quantitative estimate of drug-likeness (QED) is 0.792. The second kappa shape index (κ2) is 5.76. The van der Waals surface area contributed by atoms with Crippen molar-refractivity contribution in [3.63, 3.8) is 0 Å². The molecule has 0 saturated carbocycles. The van der Waals surface area contributed by atoms with Gasteiger partial charge in [0.15, 0.2) is 0 Å². The number of hydrogen-bond acceptors (Lipinski definition) is 4. The Morgan fingerprint density at radius 1 is 1.33 bits per heavy atom. The zero-order chi connectivity index (χ0) is 15.0. The molecule has 2 bridgehead atoms. The van der Waals surface area contributed by atoms with Gasteiger partial charge in [0.1, 0.15) is 10.6 Å². The van der Waals surface area contributed by atoms with Crippen LogP contribution in [0.5, 0.6) is 5.75 Å². The first-order valence-corrected chi connectivity index (χ1v) is 8.90. The monoisotopic (exact) mass is 331 g/mol. The number of benzene rings is 1. The van der Waals surface area contributed by atoms with E-state index in [0.717, 1.165) is 18.4 Å². The van der Waals surface area contributed by atoms with Crippen LogP contribution in [0.3, 0.4) is 0 Å². The van der Waals surface area contributed by atoms with Crippen LogP contribution in [0.1, 0.15) is 18.4 Å². The smallest absolute Gasteiger partial charge is 0.246 e. The zero-order valence-electron chi connectivity index (χ0n) is 11.8. The molecule has 2 atom stereocenters. The van der Waals surface area contributed by atoms with Gasteiger partial charge in [0, 0.05) is 19.0 Å². The fourth-order valence-corrected chi connectivity index (χ4v) is 4.73. The number of methoxy groups -OCH3 is 1. The highest BCUT2D eigenvalue weighted by Crippen LogP contribution is 2.33. The molecule has 3 rings (SSSR count). The van der Waals surface area contributed by atoms with Crippen molar-refractivity contribution in [3.8, 4) is 5.75 Å². The summed E-state index contributed by atoms with van der Waals surface area (Å²) >= 11 is 5.79. The lowest BCUT2D eigenvalue weighted by Crippen LogP contribution is -2.45. The minimum absolute atomic E-state index is 0.0200. The number of ether oxygens (including phenoxy) is 2. The first-order valence-electron chi connectivity index (χ1n) is 6.93. The van der Waals surface area contributed by atoms with Gasteiger partial charge in [0.2, 0.25) is 10.0 Å². The summed E-state index contributed by atoms with van der Waals surface area (Å²) in [5.74, 6) is 0.658. The molecule has 1 aromatic carbocycles. The summed E-state index contributed by atoms with van der Waals surface area (Å²) < 4.78 is 38.1. The van der Waals surface area contributed by atoms with Gasteiger partial charge in [-0.3, -0.25) is 0 Å². The molecule has 21 heavy (non-hydrogen) atoms. The van der Waals surface area contributed by atoms with Gasteiger partial charge in [-0.15, -0.1) is 11.6 Å². The van der Waals surface area contributed by atoms with E-state index in [4.69, 9.17) is 21.1 Å². The van der Waals surface area contributed by atoms with Gasteiger partial charge in [-0.2, -0.15) is 4.31 Å². The van der Waals surface area contributed by atoms with Gasteiger partial charge < -0.3 is 9.47 Å². The zero-order valence-corrected chi connectivity index (χ0v) is 13.4. The van der Waals surface area contributed by atoms with Crippen molar-refractivity contribution in [1.29, 1.82) is 0 Å². The Morgan fingerprint density at radius 3 is 2.57 bits per heavy atom. The largest absolute Gasteiger partial charge is 0.495 e. The van der Waals surface area contributed by atoms with Crippen LogP contribution in [-0.2, 0) is 20.6 Å². The van der Waals surface area contributed by atoms with Crippen LogP contribution in [0.15, 0.2) is 23.1 Å². The summed E-state index contributed by atoms with van der Waals surface area (Å²) in [7, 11) is -2.10. The fraction of sp³-hybridized carbons (Fsp3) is 0.571. The number of alkyl halides is 1. The molecular formula is C14H18ClNO4S.